The molecule has 1 atom stereocenters. The van der Waals surface area contributed by atoms with Gasteiger partial charge in [0.1, 0.15) is 0 Å². The van der Waals surface area contributed by atoms with Crippen LogP contribution in [0, 0.1) is 0 Å². The molecular weight excluding hydrogens is 200 g/mol. The Labute approximate surface area is 100 Å². The van der Waals surface area contributed by atoms with Crippen LogP contribution in [0.4, 0.5) is 0 Å². The third kappa shape index (κ3) is 3.74. The van der Waals surface area contributed by atoms with E-state index in [1.807, 2.05) is 0 Å². The Hall–Kier alpha value is -0.0800. The van der Waals surface area contributed by atoms with Gasteiger partial charge in [-0.15, -0.1) is 0 Å². The number of rotatable bonds is 6. The van der Waals surface area contributed by atoms with E-state index in [9.17, 15) is 5.11 Å². The van der Waals surface area contributed by atoms with E-state index in [0.717, 1.165) is 25.7 Å². The Kier molecular flexibility index (Phi) is 6.37. The molecule has 16 heavy (non-hydrogen) atoms. The lowest BCUT2D eigenvalue weighted by Gasteiger charge is -2.36. The Morgan fingerprint density at radius 2 is 1.75 bits per heavy atom. The van der Waals surface area contributed by atoms with E-state index >= 15 is 0 Å². The minimum Gasteiger partial charge on any atom is -0.390 e. The Balaban J connectivity index is 2.48. The van der Waals surface area contributed by atoms with Gasteiger partial charge in [-0.2, -0.15) is 0 Å². The smallest absolute Gasteiger partial charge is 0.0936 e. The Morgan fingerprint density at radius 1 is 1.12 bits per heavy atom. The van der Waals surface area contributed by atoms with Crippen LogP contribution in [-0.4, -0.2) is 23.9 Å². The van der Waals surface area contributed by atoms with Crippen LogP contribution in [0.25, 0.3) is 0 Å². The molecule has 1 aliphatic carbocycles. The predicted molar refractivity (Wildman–Crippen MR) is 67.6 cm³/mol. The van der Waals surface area contributed by atoms with E-state index in [2.05, 4.69) is 6.92 Å². The van der Waals surface area contributed by atoms with E-state index in [0.29, 0.717) is 0 Å². The maximum atomic E-state index is 10.4. The third-order valence-electron chi connectivity index (χ3n) is 4.04. The predicted octanol–water partition coefficient (Wildman–Crippen LogP) is 3.67. The minimum atomic E-state index is -0.262. The molecule has 1 saturated carbocycles. The zero-order valence-corrected chi connectivity index (χ0v) is 11.0. The van der Waals surface area contributed by atoms with E-state index < -0.39 is 0 Å². The summed E-state index contributed by atoms with van der Waals surface area (Å²) >= 11 is 0. The molecule has 2 heteroatoms. The van der Waals surface area contributed by atoms with Crippen LogP contribution in [-0.2, 0) is 4.74 Å². The highest BCUT2D eigenvalue weighted by atomic mass is 16.5. The van der Waals surface area contributed by atoms with Gasteiger partial charge >= 0.3 is 0 Å². The molecule has 0 aromatic rings. The average Bonchev–Trinajstić information content (AvgIpc) is 2.55. The van der Waals surface area contributed by atoms with E-state index in [1.54, 1.807) is 7.11 Å². The summed E-state index contributed by atoms with van der Waals surface area (Å²) in [5.41, 5.74) is -0.232. The molecule has 0 aromatic carbocycles. The quantitative estimate of drug-likeness (QED) is 0.555. The molecule has 1 N–H and O–H groups in total. The first-order chi connectivity index (χ1) is 7.75. The molecule has 0 heterocycles. The molecule has 0 amide bonds. The van der Waals surface area contributed by atoms with Crippen molar-refractivity contribution in [1.82, 2.24) is 0 Å². The molecule has 0 aliphatic heterocycles. The number of hydrogen-bond acceptors (Lipinski definition) is 2. The van der Waals surface area contributed by atoms with Gasteiger partial charge in [-0.1, -0.05) is 51.9 Å². The van der Waals surface area contributed by atoms with Crippen LogP contribution in [0.1, 0.15) is 71.1 Å². The zero-order chi connectivity index (χ0) is 11.9. The maximum Gasteiger partial charge on any atom is 0.0936 e. The first-order valence-electron chi connectivity index (χ1n) is 6.98. The number of aliphatic hydroxyl groups excluding tert-OH is 1. The van der Waals surface area contributed by atoms with Crippen molar-refractivity contribution in [2.75, 3.05) is 7.11 Å². The van der Waals surface area contributed by atoms with Crippen molar-refractivity contribution in [3.05, 3.63) is 0 Å². The van der Waals surface area contributed by atoms with Gasteiger partial charge in [0, 0.05) is 7.11 Å². The number of hydrogen-bond donors (Lipinski definition) is 1. The number of unbranched alkanes of at least 4 members (excludes halogenated alkanes) is 2. The lowest BCUT2D eigenvalue weighted by molar-refractivity contribution is -0.114. The van der Waals surface area contributed by atoms with Crippen LogP contribution in [0.15, 0.2) is 0 Å². The lowest BCUT2D eigenvalue weighted by Crippen LogP contribution is -2.43. The SMILES string of the molecule is CCCCCC(O)C1(OC)CCCCCC1. The second-order valence-corrected chi connectivity index (χ2v) is 5.19. The van der Waals surface area contributed by atoms with E-state index in [4.69, 9.17) is 4.74 Å². The molecular formula is C14H28O2. The average molecular weight is 228 g/mol. The first-order valence-corrected chi connectivity index (χ1v) is 6.98. The second-order valence-electron chi connectivity index (χ2n) is 5.19. The molecule has 2 nitrogen and oxygen atoms in total. The van der Waals surface area contributed by atoms with Crippen LogP contribution in [0.2, 0.25) is 0 Å². The minimum absolute atomic E-state index is 0.232. The molecule has 1 aliphatic rings. The monoisotopic (exact) mass is 228 g/mol. The van der Waals surface area contributed by atoms with Crippen molar-refractivity contribution in [3.8, 4) is 0 Å². The van der Waals surface area contributed by atoms with Crippen molar-refractivity contribution < 1.29 is 9.84 Å². The molecule has 96 valence electrons. The van der Waals surface area contributed by atoms with Crippen molar-refractivity contribution in [1.29, 1.82) is 0 Å². The molecule has 1 fully saturated rings. The second kappa shape index (κ2) is 7.29. The number of methoxy groups -OCH3 is 1. The summed E-state index contributed by atoms with van der Waals surface area (Å²) < 4.78 is 5.70. The Bertz CT molecular complexity index is 172. The van der Waals surface area contributed by atoms with Gasteiger partial charge in [0.2, 0.25) is 0 Å². The standard InChI is InChI=1S/C14H28O2/c1-3-4-7-10-13(15)14(16-2)11-8-5-6-9-12-14/h13,15H,3-12H2,1-2H3. The van der Waals surface area contributed by atoms with Crippen molar-refractivity contribution in [2.45, 2.75) is 82.8 Å². The molecule has 1 rings (SSSR count). The van der Waals surface area contributed by atoms with Crippen molar-refractivity contribution in [3.63, 3.8) is 0 Å². The Morgan fingerprint density at radius 3 is 2.25 bits per heavy atom. The topological polar surface area (TPSA) is 29.5 Å². The van der Waals surface area contributed by atoms with E-state index in [1.165, 1.54) is 38.5 Å². The lowest BCUT2D eigenvalue weighted by atomic mass is 9.85. The van der Waals surface area contributed by atoms with Gasteiger partial charge in [-0.05, 0) is 19.3 Å². The largest absolute Gasteiger partial charge is 0.390 e. The van der Waals surface area contributed by atoms with Gasteiger partial charge in [-0.25, -0.2) is 0 Å². The van der Waals surface area contributed by atoms with Crippen LogP contribution in [0.3, 0.4) is 0 Å². The molecule has 0 aromatic heterocycles. The van der Waals surface area contributed by atoms with Crippen LogP contribution < -0.4 is 0 Å². The van der Waals surface area contributed by atoms with Crippen molar-refractivity contribution >= 4 is 0 Å². The molecule has 0 radical (unpaired) electrons. The summed E-state index contributed by atoms with van der Waals surface area (Å²) in [6.07, 6.45) is 11.3. The van der Waals surface area contributed by atoms with Gasteiger partial charge in [0.25, 0.3) is 0 Å². The highest BCUT2D eigenvalue weighted by Gasteiger charge is 2.37. The summed E-state index contributed by atoms with van der Waals surface area (Å²) in [4.78, 5) is 0. The summed E-state index contributed by atoms with van der Waals surface area (Å²) in [6, 6.07) is 0. The van der Waals surface area contributed by atoms with Gasteiger partial charge < -0.3 is 9.84 Å². The fraction of sp³-hybridized carbons (Fsp3) is 1.00. The third-order valence-corrected chi connectivity index (χ3v) is 4.04. The van der Waals surface area contributed by atoms with Crippen LogP contribution in [0.5, 0.6) is 0 Å². The zero-order valence-electron chi connectivity index (χ0n) is 11.0. The maximum absolute atomic E-state index is 10.4. The normalized spacial score (nSPS) is 22.7. The molecule has 0 spiro atoms. The summed E-state index contributed by atoms with van der Waals surface area (Å²) in [5, 5.41) is 10.4. The van der Waals surface area contributed by atoms with Crippen LogP contribution >= 0.6 is 0 Å². The highest BCUT2D eigenvalue weighted by Crippen LogP contribution is 2.34. The fourth-order valence-corrected chi connectivity index (χ4v) is 2.85. The van der Waals surface area contributed by atoms with E-state index in [-0.39, 0.29) is 11.7 Å². The number of aliphatic hydroxyl groups is 1. The van der Waals surface area contributed by atoms with Crippen molar-refractivity contribution in [2.24, 2.45) is 0 Å². The molecule has 0 saturated heterocycles. The summed E-state index contributed by atoms with van der Waals surface area (Å²) in [6.45, 7) is 2.20. The highest BCUT2D eigenvalue weighted by molar-refractivity contribution is 4.89. The first kappa shape index (κ1) is 14.0. The molecule has 1 unspecified atom stereocenters. The van der Waals surface area contributed by atoms with Gasteiger partial charge in [0.05, 0.1) is 11.7 Å². The number of ether oxygens (including phenoxy) is 1. The molecule has 0 bridgehead atoms. The fourth-order valence-electron chi connectivity index (χ4n) is 2.85. The van der Waals surface area contributed by atoms with Gasteiger partial charge in [0.15, 0.2) is 0 Å². The summed E-state index contributed by atoms with van der Waals surface area (Å²) in [5.74, 6) is 0. The summed E-state index contributed by atoms with van der Waals surface area (Å²) in [7, 11) is 1.77. The van der Waals surface area contributed by atoms with Gasteiger partial charge in [-0.3, -0.25) is 0 Å².